The second-order valence-electron chi connectivity index (χ2n) is 5.72. The van der Waals surface area contributed by atoms with Crippen molar-refractivity contribution in [1.82, 2.24) is 0 Å². The predicted octanol–water partition coefficient (Wildman–Crippen LogP) is 4.37. The summed E-state index contributed by atoms with van der Waals surface area (Å²) in [5.41, 5.74) is 1.77. The average Bonchev–Trinajstić information content (AvgIpc) is 2.46. The van der Waals surface area contributed by atoms with Gasteiger partial charge in [0.1, 0.15) is 6.07 Å². The van der Waals surface area contributed by atoms with Crippen molar-refractivity contribution in [3.63, 3.8) is 0 Å². The molecule has 100 valence electrons. The zero-order valence-corrected chi connectivity index (χ0v) is 11.9. The van der Waals surface area contributed by atoms with Gasteiger partial charge in [-0.2, -0.15) is 5.26 Å². The highest BCUT2D eigenvalue weighted by atomic mass is 35.5. The fourth-order valence-electron chi connectivity index (χ4n) is 3.72. The van der Waals surface area contributed by atoms with Crippen molar-refractivity contribution in [2.45, 2.75) is 44.6 Å². The summed E-state index contributed by atoms with van der Waals surface area (Å²) in [4.78, 5) is 2.53. The van der Waals surface area contributed by atoms with E-state index in [0.717, 1.165) is 12.5 Å². The van der Waals surface area contributed by atoms with Gasteiger partial charge < -0.3 is 4.90 Å². The Morgan fingerprint density at radius 3 is 2.74 bits per heavy atom. The largest absolute Gasteiger partial charge is 0.368 e. The van der Waals surface area contributed by atoms with Crippen molar-refractivity contribution in [3.05, 3.63) is 28.8 Å². The molecule has 0 spiro atoms. The Kier molecular flexibility index (Phi) is 3.66. The maximum atomic E-state index is 8.96. The summed E-state index contributed by atoms with van der Waals surface area (Å²) in [5.74, 6) is 0.858. The second kappa shape index (κ2) is 5.43. The molecule has 1 heterocycles. The molecule has 1 saturated carbocycles. The molecule has 0 amide bonds. The van der Waals surface area contributed by atoms with E-state index in [2.05, 4.69) is 17.0 Å². The normalized spacial score (nSPS) is 26.6. The van der Waals surface area contributed by atoms with Crippen molar-refractivity contribution < 1.29 is 0 Å². The molecule has 1 aromatic carbocycles. The quantitative estimate of drug-likeness (QED) is 0.760. The first-order chi connectivity index (χ1) is 9.29. The minimum Gasteiger partial charge on any atom is -0.368 e. The number of hydrogen-bond donors (Lipinski definition) is 0. The summed E-state index contributed by atoms with van der Waals surface area (Å²) in [6.07, 6.45) is 8.09. The summed E-state index contributed by atoms with van der Waals surface area (Å²) in [5, 5.41) is 9.54. The molecule has 0 bridgehead atoms. The molecule has 1 aliphatic carbocycles. The first-order valence-corrected chi connectivity index (χ1v) is 7.63. The molecule has 1 aromatic rings. The molecular formula is C16H19ClN2. The first kappa shape index (κ1) is 12.8. The minimum atomic E-state index is 0.572. The first-order valence-electron chi connectivity index (χ1n) is 7.26. The lowest BCUT2D eigenvalue weighted by molar-refractivity contribution is 0.244. The van der Waals surface area contributed by atoms with Crippen LogP contribution in [-0.2, 0) is 0 Å². The van der Waals surface area contributed by atoms with E-state index in [9.17, 15) is 0 Å². The van der Waals surface area contributed by atoms with E-state index in [-0.39, 0.29) is 0 Å². The third kappa shape index (κ3) is 2.44. The van der Waals surface area contributed by atoms with Crippen LogP contribution < -0.4 is 4.90 Å². The molecule has 0 aromatic heterocycles. The monoisotopic (exact) mass is 274 g/mol. The van der Waals surface area contributed by atoms with Crippen LogP contribution in [0.2, 0.25) is 5.02 Å². The van der Waals surface area contributed by atoms with E-state index in [1.54, 1.807) is 0 Å². The van der Waals surface area contributed by atoms with E-state index < -0.39 is 0 Å². The summed E-state index contributed by atoms with van der Waals surface area (Å²) in [7, 11) is 0. The fraction of sp³-hybridized carbons (Fsp3) is 0.562. The van der Waals surface area contributed by atoms with Gasteiger partial charge in [-0.3, -0.25) is 0 Å². The number of anilines is 1. The maximum absolute atomic E-state index is 8.96. The standard InChI is InChI=1S/C16H19ClN2/c17-15-10-14(8-7-13(15)11-18)19-9-3-5-12-4-1-2-6-16(12)19/h7-8,10,12,16H,1-6,9H2/t12-,16-/m1/s1. The fourth-order valence-corrected chi connectivity index (χ4v) is 3.94. The molecule has 3 heteroatoms. The molecule has 0 N–H and O–H groups in total. The van der Waals surface area contributed by atoms with E-state index >= 15 is 0 Å². The van der Waals surface area contributed by atoms with Crippen LogP contribution in [0.3, 0.4) is 0 Å². The van der Waals surface area contributed by atoms with Crippen molar-refractivity contribution in [3.8, 4) is 6.07 Å². The summed E-state index contributed by atoms with van der Waals surface area (Å²) in [6, 6.07) is 8.70. The van der Waals surface area contributed by atoms with Crippen LogP contribution in [-0.4, -0.2) is 12.6 Å². The Hall–Kier alpha value is -1.20. The number of halogens is 1. The third-order valence-electron chi connectivity index (χ3n) is 4.65. The van der Waals surface area contributed by atoms with E-state index in [1.165, 1.54) is 44.2 Å². The Morgan fingerprint density at radius 1 is 1.16 bits per heavy atom. The maximum Gasteiger partial charge on any atom is 0.101 e. The Bertz CT molecular complexity index is 504. The molecule has 0 unspecified atom stereocenters. The van der Waals surface area contributed by atoms with Crippen LogP contribution in [0.25, 0.3) is 0 Å². The summed E-state index contributed by atoms with van der Waals surface area (Å²) < 4.78 is 0. The minimum absolute atomic E-state index is 0.572. The summed E-state index contributed by atoms with van der Waals surface area (Å²) in [6.45, 7) is 1.13. The molecule has 2 aliphatic rings. The molecule has 2 nitrogen and oxygen atoms in total. The number of nitrogens with zero attached hydrogens (tertiary/aromatic N) is 2. The Labute approximate surface area is 120 Å². The van der Waals surface area contributed by atoms with Crippen molar-refractivity contribution in [2.75, 3.05) is 11.4 Å². The third-order valence-corrected chi connectivity index (χ3v) is 4.96. The molecular weight excluding hydrogens is 256 g/mol. The topological polar surface area (TPSA) is 27.0 Å². The number of benzene rings is 1. The van der Waals surface area contributed by atoms with Gasteiger partial charge in [-0.1, -0.05) is 24.4 Å². The van der Waals surface area contributed by atoms with Crippen LogP contribution in [0, 0.1) is 17.2 Å². The lowest BCUT2D eigenvalue weighted by Crippen LogP contribution is -2.46. The van der Waals surface area contributed by atoms with Gasteiger partial charge in [0.2, 0.25) is 0 Å². The SMILES string of the molecule is N#Cc1ccc(N2CCC[C@H]3CCCC[C@H]32)cc1Cl. The Morgan fingerprint density at radius 2 is 1.95 bits per heavy atom. The van der Waals surface area contributed by atoms with Gasteiger partial charge in [0, 0.05) is 18.3 Å². The van der Waals surface area contributed by atoms with Crippen molar-refractivity contribution >= 4 is 17.3 Å². The molecule has 19 heavy (non-hydrogen) atoms. The lowest BCUT2D eigenvalue weighted by Gasteiger charge is -2.45. The zero-order valence-electron chi connectivity index (χ0n) is 11.1. The van der Waals surface area contributed by atoms with Gasteiger partial charge in [-0.05, 0) is 49.8 Å². The zero-order chi connectivity index (χ0) is 13.2. The number of rotatable bonds is 1. The molecule has 3 rings (SSSR count). The van der Waals surface area contributed by atoms with E-state index in [4.69, 9.17) is 16.9 Å². The van der Waals surface area contributed by atoms with Gasteiger partial charge >= 0.3 is 0 Å². The van der Waals surface area contributed by atoms with Gasteiger partial charge in [-0.25, -0.2) is 0 Å². The molecule has 0 radical (unpaired) electrons. The average molecular weight is 275 g/mol. The number of piperidine rings is 1. The van der Waals surface area contributed by atoms with E-state index in [0.29, 0.717) is 16.6 Å². The van der Waals surface area contributed by atoms with Crippen LogP contribution >= 0.6 is 11.6 Å². The van der Waals surface area contributed by atoms with Gasteiger partial charge in [-0.15, -0.1) is 0 Å². The highest BCUT2D eigenvalue weighted by Crippen LogP contribution is 2.38. The molecule has 2 fully saturated rings. The van der Waals surface area contributed by atoms with Crippen LogP contribution in [0.4, 0.5) is 5.69 Å². The van der Waals surface area contributed by atoms with Gasteiger partial charge in [0.25, 0.3) is 0 Å². The summed E-state index contributed by atoms with van der Waals surface area (Å²) >= 11 is 6.17. The van der Waals surface area contributed by atoms with Crippen LogP contribution in [0.5, 0.6) is 0 Å². The van der Waals surface area contributed by atoms with Crippen molar-refractivity contribution in [2.24, 2.45) is 5.92 Å². The lowest BCUT2D eigenvalue weighted by atomic mass is 9.78. The number of fused-ring (bicyclic) bond motifs is 1. The number of hydrogen-bond acceptors (Lipinski definition) is 2. The predicted molar refractivity (Wildman–Crippen MR) is 78.5 cm³/mol. The van der Waals surface area contributed by atoms with E-state index in [1.807, 2.05) is 12.1 Å². The highest BCUT2D eigenvalue weighted by molar-refractivity contribution is 6.32. The number of nitriles is 1. The van der Waals surface area contributed by atoms with Crippen LogP contribution in [0.15, 0.2) is 18.2 Å². The van der Waals surface area contributed by atoms with Crippen molar-refractivity contribution in [1.29, 1.82) is 5.26 Å². The van der Waals surface area contributed by atoms with Crippen LogP contribution in [0.1, 0.15) is 44.1 Å². The molecule has 1 saturated heterocycles. The molecule has 1 aliphatic heterocycles. The second-order valence-corrected chi connectivity index (χ2v) is 6.13. The smallest absolute Gasteiger partial charge is 0.101 e. The van der Waals surface area contributed by atoms with Gasteiger partial charge in [0.05, 0.1) is 10.6 Å². The molecule has 2 atom stereocenters. The highest BCUT2D eigenvalue weighted by Gasteiger charge is 2.33. The van der Waals surface area contributed by atoms with Gasteiger partial charge in [0.15, 0.2) is 0 Å². The Balaban J connectivity index is 1.88.